The standard InChI is InChI=1S/C12H9BrFNO.C7H14N2O/c1-7-5-8(6-15-7)12(16)11-9(13)3-2-4-10(11)14;1-9-4-2-7(3-5-9)8-6-10/h2-6,15H,1H3;6-7H,2-5H2,1H3,(H,8,10). The van der Waals surface area contributed by atoms with Gasteiger partial charge >= 0.3 is 0 Å². The number of rotatable bonds is 4. The maximum Gasteiger partial charge on any atom is 0.207 e. The third kappa shape index (κ3) is 5.51. The SMILES string of the molecule is CN1CCC(NC=O)CC1.Cc1cc(C(=O)c2c(F)cccc2Br)c[nH]1. The summed E-state index contributed by atoms with van der Waals surface area (Å²) < 4.78 is 14.0. The number of hydrogen-bond donors (Lipinski definition) is 2. The molecule has 2 heterocycles. The van der Waals surface area contributed by atoms with Gasteiger partial charge in [-0.25, -0.2) is 4.39 Å². The number of aromatic amines is 1. The quantitative estimate of drug-likeness (QED) is 0.585. The minimum Gasteiger partial charge on any atom is -0.364 e. The highest BCUT2D eigenvalue weighted by Gasteiger charge is 2.18. The Morgan fingerprint density at radius 3 is 2.62 bits per heavy atom. The number of aryl methyl sites for hydroxylation is 1. The summed E-state index contributed by atoms with van der Waals surface area (Å²) in [5.41, 5.74) is 1.40. The number of carbonyl (C=O) groups is 2. The zero-order valence-corrected chi connectivity index (χ0v) is 16.5. The molecule has 0 atom stereocenters. The van der Waals surface area contributed by atoms with Crippen LogP contribution in [-0.4, -0.2) is 48.3 Å². The second-order valence-electron chi connectivity index (χ2n) is 6.36. The molecule has 1 saturated heterocycles. The fourth-order valence-electron chi connectivity index (χ4n) is 2.77. The van der Waals surface area contributed by atoms with Crippen LogP contribution in [0, 0.1) is 12.7 Å². The molecule has 1 aromatic heterocycles. The number of H-pyrrole nitrogens is 1. The van der Waals surface area contributed by atoms with Crippen molar-refractivity contribution in [2.45, 2.75) is 25.8 Å². The van der Waals surface area contributed by atoms with Gasteiger partial charge in [-0.15, -0.1) is 0 Å². The van der Waals surface area contributed by atoms with Gasteiger partial charge in [-0.05, 0) is 74.0 Å². The van der Waals surface area contributed by atoms with Crippen LogP contribution < -0.4 is 5.32 Å². The van der Waals surface area contributed by atoms with Gasteiger partial charge in [-0.1, -0.05) is 6.07 Å². The molecule has 3 rings (SSSR count). The molecule has 140 valence electrons. The first-order valence-electron chi connectivity index (χ1n) is 8.44. The molecular formula is C19H23BrFN3O2. The lowest BCUT2D eigenvalue weighted by atomic mass is 10.1. The Morgan fingerprint density at radius 1 is 1.38 bits per heavy atom. The monoisotopic (exact) mass is 423 g/mol. The van der Waals surface area contributed by atoms with Gasteiger partial charge < -0.3 is 15.2 Å². The van der Waals surface area contributed by atoms with Gasteiger partial charge in [0.25, 0.3) is 0 Å². The van der Waals surface area contributed by atoms with Gasteiger partial charge in [-0.3, -0.25) is 9.59 Å². The number of piperidine rings is 1. The Morgan fingerprint density at radius 2 is 2.08 bits per heavy atom. The van der Waals surface area contributed by atoms with Crippen LogP contribution >= 0.6 is 15.9 Å². The molecule has 26 heavy (non-hydrogen) atoms. The van der Waals surface area contributed by atoms with E-state index in [4.69, 9.17) is 0 Å². The van der Waals surface area contributed by atoms with E-state index in [1.54, 1.807) is 24.4 Å². The van der Waals surface area contributed by atoms with Crippen LogP contribution in [-0.2, 0) is 4.79 Å². The molecule has 1 amide bonds. The molecule has 7 heteroatoms. The van der Waals surface area contributed by atoms with Crippen molar-refractivity contribution in [3.05, 3.63) is 57.6 Å². The van der Waals surface area contributed by atoms with Crippen LogP contribution in [0.1, 0.15) is 34.5 Å². The lowest BCUT2D eigenvalue weighted by molar-refractivity contribution is -0.110. The van der Waals surface area contributed by atoms with Crippen LogP contribution in [0.15, 0.2) is 34.9 Å². The molecule has 0 spiro atoms. The second kappa shape index (κ2) is 9.64. The number of benzene rings is 1. The molecule has 1 fully saturated rings. The molecule has 1 aromatic carbocycles. The van der Waals surface area contributed by atoms with Crippen molar-refractivity contribution < 1.29 is 14.0 Å². The Balaban J connectivity index is 0.000000209. The molecule has 0 bridgehead atoms. The maximum atomic E-state index is 13.5. The van der Waals surface area contributed by atoms with Crippen molar-refractivity contribution in [1.82, 2.24) is 15.2 Å². The molecule has 2 aromatic rings. The van der Waals surface area contributed by atoms with E-state index in [0.717, 1.165) is 38.0 Å². The van der Waals surface area contributed by atoms with Crippen molar-refractivity contribution in [1.29, 1.82) is 0 Å². The predicted molar refractivity (Wildman–Crippen MR) is 103 cm³/mol. The highest BCUT2D eigenvalue weighted by molar-refractivity contribution is 9.10. The first-order valence-corrected chi connectivity index (χ1v) is 9.23. The van der Waals surface area contributed by atoms with Gasteiger partial charge in [0, 0.05) is 28.0 Å². The zero-order valence-electron chi connectivity index (χ0n) is 14.9. The molecule has 0 aliphatic carbocycles. The van der Waals surface area contributed by atoms with Gasteiger partial charge in [0.1, 0.15) is 5.82 Å². The molecule has 1 aliphatic heterocycles. The van der Waals surface area contributed by atoms with Gasteiger partial charge in [0.15, 0.2) is 5.78 Å². The van der Waals surface area contributed by atoms with Crippen LogP contribution in [0.3, 0.4) is 0 Å². The summed E-state index contributed by atoms with van der Waals surface area (Å²) in [4.78, 5) is 27.2. The lowest BCUT2D eigenvalue weighted by Gasteiger charge is -2.28. The molecule has 1 aliphatic rings. The fraction of sp³-hybridized carbons (Fsp3) is 0.368. The first kappa shape index (κ1) is 20.3. The van der Waals surface area contributed by atoms with E-state index in [1.807, 2.05) is 6.92 Å². The molecule has 2 N–H and O–H groups in total. The van der Waals surface area contributed by atoms with Crippen molar-refractivity contribution in [3.63, 3.8) is 0 Å². The van der Waals surface area contributed by atoms with E-state index < -0.39 is 5.82 Å². The van der Waals surface area contributed by atoms with Crippen molar-refractivity contribution in [2.24, 2.45) is 0 Å². The maximum absolute atomic E-state index is 13.5. The Labute approximate surface area is 161 Å². The number of nitrogens with one attached hydrogen (secondary N) is 2. The Kier molecular flexibility index (Phi) is 7.53. The molecule has 5 nitrogen and oxygen atoms in total. The van der Waals surface area contributed by atoms with Crippen LogP contribution in [0.4, 0.5) is 4.39 Å². The summed E-state index contributed by atoms with van der Waals surface area (Å²) in [6.45, 7) is 4.05. The van der Waals surface area contributed by atoms with E-state index in [-0.39, 0.29) is 11.3 Å². The summed E-state index contributed by atoms with van der Waals surface area (Å²) >= 11 is 3.18. The molecule has 0 radical (unpaired) electrons. The summed E-state index contributed by atoms with van der Waals surface area (Å²) in [7, 11) is 2.11. The number of amides is 1. The fourth-order valence-corrected chi connectivity index (χ4v) is 3.29. The van der Waals surface area contributed by atoms with Crippen molar-refractivity contribution >= 4 is 28.1 Å². The number of nitrogens with zero attached hydrogens (tertiary/aromatic N) is 1. The number of aromatic nitrogens is 1. The third-order valence-electron chi connectivity index (χ3n) is 4.30. The van der Waals surface area contributed by atoms with Crippen molar-refractivity contribution in [3.8, 4) is 0 Å². The smallest absolute Gasteiger partial charge is 0.207 e. The van der Waals surface area contributed by atoms with E-state index in [1.165, 1.54) is 6.07 Å². The van der Waals surface area contributed by atoms with Crippen LogP contribution in [0.25, 0.3) is 0 Å². The molecular weight excluding hydrogens is 401 g/mol. The number of ketones is 1. The number of hydrogen-bond acceptors (Lipinski definition) is 3. The van der Waals surface area contributed by atoms with Crippen molar-refractivity contribution in [2.75, 3.05) is 20.1 Å². The minimum absolute atomic E-state index is 0.0708. The topological polar surface area (TPSA) is 65.2 Å². The molecule has 0 saturated carbocycles. The average Bonchev–Trinajstić information content (AvgIpc) is 3.04. The van der Waals surface area contributed by atoms with Gasteiger partial charge in [0.2, 0.25) is 6.41 Å². The molecule has 0 unspecified atom stereocenters. The summed E-state index contributed by atoms with van der Waals surface area (Å²) in [5.74, 6) is -0.840. The van der Waals surface area contributed by atoms with E-state index in [9.17, 15) is 14.0 Å². The normalized spacial score (nSPS) is 15.1. The second-order valence-corrected chi connectivity index (χ2v) is 7.21. The zero-order chi connectivity index (χ0) is 19.1. The third-order valence-corrected chi connectivity index (χ3v) is 4.96. The predicted octanol–water partition coefficient (Wildman–Crippen LogP) is 3.28. The van der Waals surface area contributed by atoms with Gasteiger partial charge in [0.05, 0.1) is 5.56 Å². The summed E-state index contributed by atoms with van der Waals surface area (Å²) in [5, 5.41) is 2.80. The first-order chi connectivity index (χ1) is 12.4. The number of likely N-dealkylation sites (tertiary alicyclic amines) is 1. The average molecular weight is 424 g/mol. The van der Waals surface area contributed by atoms with Crippen LogP contribution in [0.2, 0.25) is 0 Å². The number of halogens is 2. The van der Waals surface area contributed by atoms with Gasteiger partial charge in [-0.2, -0.15) is 0 Å². The Bertz CT molecular complexity index is 735. The summed E-state index contributed by atoms with van der Waals surface area (Å²) in [6.07, 6.45) is 4.57. The highest BCUT2D eigenvalue weighted by atomic mass is 79.9. The van der Waals surface area contributed by atoms with E-state index >= 15 is 0 Å². The number of carbonyl (C=O) groups excluding carboxylic acids is 2. The van der Waals surface area contributed by atoms with E-state index in [0.29, 0.717) is 16.1 Å². The van der Waals surface area contributed by atoms with Crippen LogP contribution in [0.5, 0.6) is 0 Å². The lowest BCUT2D eigenvalue weighted by Crippen LogP contribution is -2.40. The minimum atomic E-state index is -0.516. The largest absolute Gasteiger partial charge is 0.364 e. The van der Waals surface area contributed by atoms with E-state index in [2.05, 4.69) is 38.2 Å². The highest BCUT2D eigenvalue weighted by Crippen LogP contribution is 2.23. The summed E-state index contributed by atoms with van der Waals surface area (Å²) in [6, 6.07) is 6.60. The Hall–Kier alpha value is -1.99.